The van der Waals surface area contributed by atoms with Crippen molar-refractivity contribution in [2.24, 2.45) is 0 Å². The van der Waals surface area contributed by atoms with E-state index < -0.39 is 9.84 Å². The number of rotatable bonds is 7. The molecule has 27 heavy (non-hydrogen) atoms. The number of hydrogen-bond donors (Lipinski definition) is 1. The Hall–Kier alpha value is -3.06. The van der Waals surface area contributed by atoms with E-state index in [-0.39, 0.29) is 16.7 Å². The summed E-state index contributed by atoms with van der Waals surface area (Å²) in [5.41, 5.74) is 2.29. The number of anilines is 2. The predicted octanol–water partition coefficient (Wildman–Crippen LogP) is 4.53. The van der Waals surface area contributed by atoms with Gasteiger partial charge in [-0.1, -0.05) is 37.8 Å². The fourth-order valence-electron chi connectivity index (χ4n) is 2.54. The quantitative estimate of drug-likeness (QED) is 0.644. The van der Waals surface area contributed by atoms with Gasteiger partial charge in [0.05, 0.1) is 29.6 Å². The molecule has 140 valence electrons. The van der Waals surface area contributed by atoms with Crippen LogP contribution in [0.15, 0.2) is 64.6 Å². The molecule has 0 saturated heterocycles. The average Bonchev–Trinajstić information content (AvgIpc) is 3.16. The van der Waals surface area contributed by atoms with E-state index >= 15 is 0 Å². The minimum Gasteiger partial charge on any atom is -0.495 e. The highest BCUT2D eigenvalue weighted by atomic mass is 32.2. The Labute approximate surface area is 158 Å². The largest absolute Gasteiger partial charge is 0.495 e. The van der Waals surface area contributed by atoms with Gasteiger partial charge in [-0.05, 0) is 29.8 Å². The third kappa shape index (κ3) is 4.03. The molecule has 1 aromatic heterocycles. The van der Waals surface area contributed by atoms with Gasteiger partial charge in [0.1, 0.15) is 5.75 Å². The van der Waals surface area contributed by atoms with Crippen molar-refractivity contribution in [1.29, 1.82) is 0 Å². The third-order valence-electron chi connectivity index (χ3n) is 4.06. The normalized spacial score (nSPS) is 11.2. The minimum atomic E-state index is -3.34. The first-order valence-electron chi connectivity index (χ1n) is 8.33. The summed E-state index contributed by atoms with van der Waals surface area (Å²) < 4.78 is 35.3. The van der Waals surface area contributed by atoms with Gasteiger partial charge in [0, 0.05) is 5.56 Å². The maximum atomic E-state index is 12.1. The van der Waals surface area contributed by atoms with Crippen LogP contribution in [0.1, 0.15) is 12.5 Å². The van der Waals surface area contributed by atoms with E-state index in [1.54, 1.807) is 25.3 Å². The van der Waals surface area contributed by atoms with Crippen LogP contribution in [-0.4, -0.2) is 26.3 Å². The van der Waals surface area contributed by atoms with Gasteiger partial charge in [0.15, 0.2) is 15.6 Å². The highest BCUT2D eigenvalue weighted by molar-refractivity contribution is 7.91. The van der Waals surface area contributed by atoms with E-state index in [1.165, 1.54) is 19.2 Å². The maximum Gasteiger partial charge on any atom is 0.299 e. The number of ether oxygens (including phenoxy) is 1. The first-order valence-corrected chi connectivity index (χ1v) is 9.98. The maximum absolute atomic E-state index is 12.1. The zero-order valence-corrected chi connectivity index (χ0v) is 15.9. The van der Waals surface area contributed by atoms with Gasteiger partial charge in [0.2, 0.25) is 0 Å². The Morgan fingerprint density at radius 1 is 1.26 bits per heavy atom. The Kier molecular flexibility index (Phi) is 5.32. The van der Waals surface area contributed by atoms with Crippen molar-refractivity contribution in [1.82, 2.24) is 4.98 Å². The lowest BCUT2D eigenvalue weighted by atomic mass is 10.1. The molecular weight excluding hydrogens is 364 g/mol. The van der Waals surface area contributed by atoms with Crippen LogP contribution in [0.5, 0.6) is 5.75 Å². The highest BCUT2D eigenvalue weighted by Crippen LogP contribution is 2.32. The highest BCUT2D eigenvalue weighted by Gasteiger charge is 2.16. The first kappa shape index (κ1) is 18.7. The van der Waals surface area contributed by atoms with Gasteiger partial charge in [-0.15, -0.1) is 0 Å². The lowest BCUT2D eigenvalue weighted by Crippen LogP contribution is -2.05. The molecule has 0 bridgehead atoms. The molecule has 0 unspecified atom stereocenters. The molecule has 0 amide bonds. The van der Waals surface area contributed by atoms with Crippen LogP contribution in [0.25, 0.3) is 17.4 Å². The number of aromatic nitrogens is 1. The molecule has 0 aliphatic rings. The van der Waals surface area contributed by atoms with Crippen LogP contribution in [0.2, 0.25) is 0 Å². The summed E-state index contributed by atoms with van der Waals surface area (Å²) in [6, 6.07) is 12.6. The van der Waals surface area contributed by atoms with E-state index in [0.29, 0.717) is 17.2 Å². The topological polar surface area (TPSA) is 81.4 Å². The van der Waals surface area contributed by atoms with E-state index in [9.17, 15) is 8.42 Å². The summed E-state index contributed by atoms with van der Waals surface area (Å²) >= 11 is 0. The van der Waals surface area contributed by atoms with E-state index in [2.05, 4.69) is 16.9 Å². The second-order valence-electron chi connectivity index (χ2n) is 5.75. The van der Waals surface area contributed by atoms with Crippen LogP contribution >= 0.6 is 0 Å². The molecule has 7 heteroatoms. The number of benzene rings is 2. The van der Waals surface area contributed by atoms with Crippen molar-refractivity contribution in [2.45, 2.75) is 11.8 Å². The molecule has 2 aromatic carbocycles. The van der Waals surface area contributed by atoms with Crippen molar-refractivity contribution >= 4 is 27.6 Å². The second kappa shape index (κ2) is 7.67. The van der Waals surface area contributed by atoms with E-state index in [4.69, 9.17) is 9.15 Å². The number of hydrogen-bond acceptors (Lipinski definition) is 6. The van der Waals surface area contributed by atoms with Crippen molar-refractivity contribution in [2.75, 3.05) is 18.2 Å². The molecule has 0 fully saturated rings. The van der Waals surface area contributed by atoms with Crippen LogP contribution in [-0.2, 0) is 9.84 Å². The summed E-state index contributed by atoms with van der Waals surface area (Å²) in [6.07, 6.45) is 3.35. The van der Waals surface area contributed by atoms with E-state index in [1.807, 2.05) is 24.3 Å². The summed E-state index contributed by atoms with van der Waals surface area (Å²) in [5.74, 6) is 1.08. The fraction of sp³-hybridized carbons (Fsp3) is 0.150. The van der Waals surface area contributed by atoms with Crippen molar-refractivity contribution in [3.63, 3.8) is 0 Å². The van der Waals surface area contributed by atoms with Gasteiger partial charge in [-0.25, -0.2) is 13.4 Å². The Morgan fingerprint density at radius 2 is 2.07 bits per heavy atom. The first-order chi connectivity index (χ1) is 13.0. The van der Waals surface area contributed by atoms with Crippen molar-refractivity contribution in [3.05, 3.63) is 60.8 Å². The zero-order chi connectivity index (χ0) is 19.4. The van der Waals surface area contributed by atoms with Crippen LogP contribution in [0.3, 0.4) is 0 Å². The van der Waals surface area contributed by atoms with Gasteiger partial charge < -0.3 is 14.5 Å². The number of oxazole rings is 1. The molecule has 0 aliphatic heterocycles. The molecule has 0 saturated carbocycles. The fourth-order valence-corrected chi connectivity index (χ4v) is 3.45. The van der Waals surface area contributed by atoms with Crippen LogP contribution < -0.4 is 10.1 Å². The molecule has 6 nitrogen and oxygen atoms in total. The van der Waals surface area contributed by atoms with Crippen LogP contribution in [0.4, 0.5) is 11.7 Å². The summed E-state index contributed by atoms with van der Waals surface area (Å²) in [7, 11) is -1.83. The molecule has 0 atom stereocenters. The molecule has 0 spiro atoms. The lowest BCUT2D eigenvalue weighted by molar-refractivity contribution is 0.416. The van der Waals surface area contributed by atoms with Crippen molar-refractivity contribution in [3.8, 4) is 17.1 Å². The summed E-state index contributed by atoms with van der Waals surface area (Å²) in [5, 5.41) is 2.99. The Bertz CT molecular complexity index is 1070. The monoisotopic (exact) mass is 384 g/mol. The molecule has 3 aromatic rings. The van der Waals surface area contributed by atoms with Gasteiger partial charge in [0.25, 0.3) is 6.01 Å². The minimum absolute atomic E-state index is 0.0154. The number of sulfone groups is 1. The molecule has 0 radical (unpaired) electrons. The molecular formula is C20H20N2O4S. The predicted molar refractivity (Wildman–Crippen MR) is 106 cm³/mol. The van der Waals surface area contributed by atoms with E-state index in [0.717, 1.165) is 11.1 Å². The summed E-state index contributed by atoms with van der Waals surface area (Å²) in [6.45, 7) is 5.36. The Morgan fingerprint density at radius 3 is 2.78 bits per heavy atom. The zero-order valence-electron chi connectivity index (χ0n) is 15.1. The van der Waals surface area contributed by atoms with Crippen LogP contribution in [0, 0.1) is 0 Å². The van der Waals surface area contributed by atoms with Gasteiger partial charge in [-0.2, -0.15) is 0 Å². The molecule has 1 N–H and O–H groups in total. The van der Waals surface area contributed by atoms with Crippen molar-refractivity contribution < 1.29 is 17.6 Å². The lowest BCUT2D eigenvalue weighted by Gasteiger charge is -2.10. The number of methoxy groups -OCH3 is 1. The Balaban J connectivity index is 1.92. The average molecular weight is 384 g/mol. The molecule has 0 aliphatic carbocycles. The number of nitrogens with one attached hydrogen (secondary N) is 1. The number of nitrogens with zero attached hydrogens (tertiary/aromatic N) is 1. The molecule has 3 rings (SSSR count). The standard InChI is InChI=1S/C20H20N2O4S/c1-4-14-7-6-8-15(11-14)19-13-21-20(26-19)22-17-12-16(27(23,24)5-2)9-10-18(17)25-3/h4,6-13H,1,5H2,2-3H3,(H,21,22). The van der Waals surface area contributed by atoms with Gasteiger partial charge >= 0.3 is 0 Å². The SMILES string of the molecule is C=Cc1cccc(-c2cnc(Nc3cc(S(=O)(=O)CC)ccc3OC)o2)c1. The summed E-state index contributed by atoms with van der Waals surface area (Å²) in [4.78, 5) is 4.43. The second-order valence-corrected chi connectivity index (χ2v) is 8.03. The smallest absolute Gasteiger partial charge is 0.299 e. The third-order valence-corrected chi connectivity index (χ3v) is 5.80. The molecule has 1 heterocycles. The van der Waals surface area contributed by atoms with Gasteiger partial charge in [-0.3, -0.25) is 0 Å².